The Balaban J connectivity index is 1.44. The zero-order valence-electron chi connectivity index (χ0n) is 17.6. The van der Waals surface area contributed by atoms with E-state index in [0.717, 1.165) is 47.2 Å². The van der Waals surface area contributed by atoms with Crippen molar-refractivity contribution in [3.8, 4) is 11.3 Å². The van der Waals surface area contributed by atoms with Crippen LogP contribution in [0.5, 0.6) is 0 Å². The molecule has 0 aliphatic heterocycles. The summed E-state index contributed by atoms with van der Waals surface area (Å²) in [4.78, 5) is 0. The van der Waals surface area contributed by atoms with Gasteiger partial charge in [-0.1, -0.05) is 76.8 Å². The van der Waals surface area contributed by atoms with Crippen LogP contribution in [0.25, 0.3) is 11.3 Å². The monoisotopic (exact) mass is 382 g/mol. The average Bonchev–Trinajstić information content (AvgIpc) is 2.72. The van der Waals surface area contributed by atoms with Crippen LogP contribution in [0.15, 0.2) is 30.3 Å². The fourth-order valence-corrected chi connectivity index (χ4v) is 4.49. The molecule has 3 rings (SSSR count). The number of benzene rings is 1. The molecular formula is C25H35FN2. The molecule has 1 aromatic heterocycles. The van der Waals surface area contributed by atoms with Crippen LogP contribution in [0.1, 0.15) is 82.4 Å². The minimum Gasteiger partial charge on any atom is -0.207 e. The highest BCUT2D eigenvalue weighted by atomic mass is 19.1. The third-order valence-corrected chi connectivity index (χ3v) is 6.40. The van der Waals surface area contributed by atoms with Gasteiger partial charge in [-0.2, -0.15) is 10.2 Å². The summed E-state index contributed by atoms with van der Waals surface area (Å²) in [6, 6.07) is 9.34. The Hall–Kier alpha value is -1.77. The lowest BCUT2D eigenvalue weighted by Gasteiger charge is -2.28. The summed E-state index contributed by atoms with van der Waals surface area (Å²) in [6.45, 7) is 4.18. The number of rotatable bonds is 9. The molecule has 1 aliphatic carbocycles. The predicted molar refractivity (Wildman–Crippen MR) is 115 cm³/mol. The first-order valence-corrected chi connectivity index (χ1v) is 11.2. The van der Waals surface area contributed by atoms with Gasteiger partial charge in [-0.3, -0.25) is 0 Å². The van der Waals surface area contributed by atoms with Crippen LogP contribution in [0.2, 0.25) is 0 Å². The van der Waals surface area contributed by atoms with Crippen molar-refractivity contribution in [2.24, 2.45) is 11.8 Å². The summed E-state index contributed by atoms with van der Waals surface area (Å²) in [5.74, 6) is 1.61. The van der Waals surface area contributed by atoms with Gasteiger partial charge in [0.05, 0.1) is 11.4 Å². The molecule has 0 spiro atoms. The molecule has 1 aliphatic rings. The quantitative estimate of drug-likeness (QED) is 0.425. The van der Waals surface area contributed by atoms with Gasteiger partial charge in [0.15, 0.2) is 0 Å². The maximum absolute atomic E-state index is 14.6. The SMILES string of the molecule is CCCCCCC1CCC(CCc2ccc(-c3ccc(C)nn3)cc2F)CC1. The molecule has 0 N–H and O–H groups in total. The van der Waals surface area contributed by atoms with Crippen molar-refractivity contribution < 1.29 is 4.39 Å². The molecule has 152 valence electrons. The fraction of sp³-hybridized carbons (Fsp3) is 0.600. The summed E-state index contributed by atoms with van der Waals surface area (Å²) < 4.78 is 14.6. The van der Waals surface area contributed by atoms with Gasteiger partial charge in [0, 0.05) is 5.56 Å². The molecule has 2 nitrogen and oxygen atoms in total. The van der Waals surface area contributed by atoms with E-state index in [2.05, 4.69) is 17.1 Å². The smallest absolute Gasteiger partial charge is 0.127 e. The Kier molecular flexibility index (Phi) is 8.00. The summed E-state index contributed by atoms with van der Waals surface area (Å²) >= 11 is 0. The zero-order valence-corrected chi connectivity index (χ0v) is 17.6. The van der Waals surface area contributed by atoms with Crippen molar-refractivity contribution in [1.82, 2.24) is 10.2 Å². The number of aromatic nitrogens is 2. The van der Waals surface area contributed by atoms with Crippen molar-refractivity contribution in [2.75, 3.05) is 0 Å². The lowest BCUT2D eigenvalue weighted by Crippen LogP contribution is -2.15. The highest BCUT2D eigenvalue weighted by Crippen LogP contribution is 2.34. The Morgan fingerprint density at radius 3 is 2.29 bits per heavy atom. The van der Waals surface area contributed by atoms with Crippen LogP contribution in [0, 0.1) is 24.6 Å². The highest BCUT2D eigenvalue weighted by Gasteiger charge is 2.21. The minimum absolute atomic E-state index is 0.107. The van der Waals surface area contributed by atoms with Gasteiger partial charge in [0.25, 0.3) is 0 Å². The van der Waals surface area contributed by atoms with Crippen molar-refractivity contribution in [3.63, 3.8) is 0 Å². The molecule has 0 unspecified atom stereocenters. The van der Waals surface area contributed by atoms with Gasteiger partial charge < -0.3 is 0 Å². The van der Waals surface area contributed by atoms with Gasteiger partial charge in [0.1, 0.15) is 5.82 Å². The molecular weight excluding hydrogens is 347 g/mol. The molecule has 0 bridgehead atoms. The fourth-order valence-electron chi connectivity index (χ4n) is 4.49. The van der Waals surface area contributed by atoms with Gasteiger partial charge >= 0.3 is 0 Å². The first kappa shape index (κ1) is 21.0. The van der Waals surface area contributed by atoms with Crippen LogP contribution in [-0.2, 0) is 6.42 Å². The first-order chi connectivity index (χ1) is 13.7. The summed E-state index contributed by atoms with van der Waals surface area (Å²) in [5.41, 5.74) is 3.24. The van der Waals surface area contributed by atoms with E-state index in [1.54, 1.807) is 6.07 Å². The topological polar surface area (TPSA) is 25.8 Å². The zero-order chi connectivity index (χ0) is 19.8. The second-order valence-electron chi connectivity index (χ2n) is 8.64. The number of hydrogen-bond donors (Lipinski definition) is 0. The van der Waals surface area contributed by atoms with E-state index in [9.17, 15) is 4.39 Å². The van der Waals surface area contributed by atoms with E-state index < -0.39 is 0 Å². The number of aryl methyl sites for hydroxylation is 2. The Morgan fingerprint density at radius 1 is 0.893 bits per heavy atom. The van der Waals surface area contributed by atoms with Gasteiger partial charge in [-0.15, -0.1) is 0 Å². The molecule has 1 heterocycles. The Labute approximate surface area is 170 Å². The molecule has 28 heavy (non-hydrogen) atoms. The van der Waals surface area contributed by atoms with Crippen molar-refractivity contribution in [2.45, 2.75) is 84.5 Å². The summed E-state index contributed by atoms with van der Waals surface area (Å²) in [5, 5.41) is 8.23. The molecule has 0 atom stereocenters. The Bertz CT molecular complexity index is 718. The van der Waals surface area contributed by atoms with Gasteiger partial charge in [-0.25, -0.2) is 4.39 Å². The van der Waals surface area contributed by atoms with Crippen LogP contribution in [0.3, 0.4) is 0 Å². The van der Waals surface area contributed by atoms with Gasteiger partial charge in [-0.05, 0) is 55.4 Å². The number of hydrogen-bond acceptors (Lipinski definition) is 2. The third kappa shape index (κ3) is 6.12. The van der Waals surface area contributed by atoms with E-state index >= 15 is 0 Å². The van der Waals surface area contributed by atoms with Crippen LogP contribution >= 0.6 is 0 Å². The molecule has 1 saturated carbocycles. The van der Waals surface area contributed by atoms with Crippen molar-refractivity contribution in [1.29, 1.82) is 0 Å². The van der Waals surface area contributed by atoms with E-state index in [1.807, 2.05) is 31.2 Å². The second-order valence-corrected chi connectivity index (χ2v) is 8.64. The van der Waals surface area contributed by atoms with Crippen molar-refractivity contribution >= 4 is 0 Å². The summed E-state index contributed by atoms with van der Waals surface area (Å²) in [6.07, 6.45) is 14.3. The number of nitrogens with zero attached hydrogens (tertiary/aromatic N) is 2. The van der Waals surface area contributed by atoms with E-state index in [1.165, 1.54) is 57.8 Å². The minimum atomic E-state index is -0.107. The molecule has 1 fully saturated rings. The molecule has 0 saturated heterocycles. The Morgan fingerprint density at radius 2 is 1.64 bits per heavy atom. The standard InChI is InChI=1S/C25H35FN2/c1-3-4-5-6-7-20-9-11-21(12-10-20)13-14-22-15-16-23(18-24(22)26)25-17-8-19(2)27-28-25/h8,15-18,20-21H,3-7,9-14H2,1-2H3. The molecule has 0 amide bonds. The van der Waals surface area contributed by atoms with E-state index in [4.69, 9.17) is 0 Å². The van der Waals surface area contributed by atoms with Crippen LogP contribution in [-0.4, -0.2) is 10.2 Å². The van der Waals surface area contributed by atoms with Crippen LogP contribution < -0.4 is 0 Å². The lowest BCUT2D eigenvalue weighted by molar-refractivity contribution is 0.248. The van der Waals surface area contributed by atoms with Crippen molar-refractivity contribution in [3.05, 3.63) is 47.4 Å². The second kappa shape index (κ2) is 10.7. The maximum Gasteiger partial charge on any atom is 0.127 e. The predicted octanol–water partition coefficient (Wildman–Crippen LogP) is 7.30. The molecule has 1 aromatic carbocycles. The first-order valence-electron chi connectivity index (χ1n) is 11.2. The summed E-state index contributed by atoms with van der Waals surface area (Å²) in [7, 11) is 0. The molecule has 2 aromatic rings. The lowest BCUT2D eigenvalue weighted by atomic mass is 9.77. The van der Waals surface area contributed by atoms with E-state index in [0.29, 0.717) is 0 Å². The largest absolute Gasteiger partial charge is 0.207 e. The molecule has 0 radical (unpaired) electrons. The normalized spacial score (nSPS) is 19.7. The van der Waals surface area contributed by atoms with E-state index in [-0.39, 0.29) is 5.82 Å². The average molecular weight is 383 g/mol. The van der Waals surface area contributed by atoms with Gasteiger partial charge in [0.2, 0.25) is 0 Å². The molecule has 3 heteroatoms. The van der Waals surface area contributed by atoms with Crippen LogP contribution in [0.4, 0.5) is 4.39 Å². The number of unbranched alkanes of at least 4 members (excludes halogenated alkanes) is 3. The maximum atomic E-state index is 14.6. The highest BCUT2D eigenvalue weighted by molar-refractivity contribution is 5.59. The third-order valence-electron chi connectivity index (χ3n) is 6.40. The number of halogens is 1.